The molecular weight excluding hydrogens is 160 g/mol. The third-order valence-corrected chi connectivity index (χ3v) is 4.55. The van der Waals surface area contributed by atoms with Crippen molar-refractivity contribution >= 4 is 5.78 Å². The Hall–Kier alpha value is -0.590. The van der Waals surface area contributed by atoms with Gasteiger partial charge in [0.1, 0.15) is 0 Å². The van der Waals surface area contributed by atoms with Gasteiger partial charge in [-0.15, -0.1) is 0 Å². The van der Waals surface area contributed by atoms with Crippen molar-refractivity contribution in [3.05, 3.63) is 11.6 Å². The first-order valence-electron chi connectivity index (χ1n) is 5.12. The van der Waals surface area contributed by atoms with Gasteiger partial charge in [-0.3, -0.25) is 4.79 Å². The van der Waals surface area contributed by atoms with E-state index in [-0.39, 0.29) is 11.2 Å². The second-order valence-corrected chi connectivity index (χ2v) is 5.39. The highest BCUT2D eigenvalue weighted by molar-refractivity contribution is 5.95. The van der Waals surface area contributed by atoms with E-state index in [1.165, 1.54) is 12.8 Å². The van der Waals surface area contributed by atoms with E-state index in [0.717, 1.165) is 5.57 Å². The number of fused-ring (bicyclic) bond motifs is 2. The molecule has 0 aliphatic heterocycles. The smallest absolute Gasteiger partial charge is 0.155 e. The molecule has 0 unspecified atom stereocenters. The minimum Gasteiger partial charge on any atom is -0.295 e. The molecule has 1 saturated carbocycles. The molecule has 1 heteroatoms. The first kappa shape index (κ1) is 8.98. The molecule has 2 aliphatic carbocycles. The summed E-state index contributed by atoms with van der Waals surface area (Å²) >= 11 is 0. The number of Topliss-reactive ketones (excluding diaryl/α,β-unsaturated/α-hetero) is 1. The summed E-state index contributed by atoms with van der Waals surface area (Å²) in [5.41, 5.74) is 1.67. The fourth-order valence-corrected chi connectivity index (χ4v) is 3.12. The largest absolute Gasteiger partial charge is 0.295 e. The van der Waals surface area contributed by atoms with Crippen molar-refractivity contribution in [2.45, 2.75) is 40.5 Å². The zero-order chi connectivity index (χ0) is 9.85. The van der Waals surface area contributed by atoms with Crippen LogP contribution in [0.15, 0.2) is 11.6 Å². The van der Waals surface area contributed by atoms with Crippen molar-refractivity contribution in [2.75, 3.05) is 0 Å². The minimum absolute atomic E-state index is 0.276. The van der Waals surface area contributed by atoms with Crippen LogP contribution in [0.2, 0.25) is 0 Å². The highest BCUT2D eigenvalue weighted by atomic mass is 16.1. The molecule has 0 aromatic carbocycles. The summed E-state index contributed by atoms with van der Waals surface area (Å²) in [4.78, 5) is 11.4. The first-order valence-corrected chi connectivity index (χ1v) is 5.12. The van der Waals surface area contributed by atoms with Crippen molar-refractivity contribution in [1.29, 1.82) is 0 Å². The van der Waals surface area contributed by atoms with E-state index < -0.39 is 0 Å². The Balaban J connectivity index is 2.46. The summed E-state index contributed by atoms with van der Waals surface area (Å²) in [6.45, 7) is 8.60. The Labute approximate surface area is 80.2 Å². The number of hydrogen-bond donors (Lipinski definition) is 0. The summed E-state index contributed by atoms with van der Waals surface area (Å²) in [5, 5.41) is 0. The van der Waals surface area contributed by atoms with Crippen molar-refractivity contribution in [3.63, 3.8) is 0 Å². The van der Waals surface area contributed by atoms with Gasteiger partial charge in [0.25, 0.3) is 0 Å². The van der Waals surface area contributed by atoms with Crippen molar-refractivity contribution < 1.29 is 4.79 Å². The lowest BCUT2D eigenvalue weighted by Gasteiger charge is -2.33. The molecule has 0 aromatic heterocycles. The van der Waals surface area contributed by atoms with Crippen LogP contribution >= 0.6 is 0 Å². The lowest BCUT2D eigenvalue weighted by atomic mass is 9.70. The van der Waals surface area contributed by atoms with E-state index in [2.05, 4.69) is 26.8 Å². The predicted octanol–water partition coefficient (Wildman–Crippen LogP) is 2.96. The van der Waals surface area contributed by atoms with Crippen LogP contribution in [0.1, 0.15) is 40.5 Å². The van der Waals surface area contributed by atoms with Gasteiger partial charge in [-0.25, -0.2) is 0 Å². The summed E-state index contributed by atoms with van der Waals surface area (Å²) in [6.07, 6.45) is 4.69. The SMILES string of the molecule is CC(=O)C1=C[C@]2(C)CC[C@H]1C2(C)C. The zero-order valence-corrected chi connectivity index (χ0v) is 8.98. The molecule has 1 nitrogen and oxygen atoms in total. The number of carbonyl (C=O) groups excluding carboxylic acids is 1. The van der Waals surface area contributed by atoms with Gasteiger partial charge in [-0.05, 0) is 42.1 Å². The molecule has 2 rings (SSSR count). The molecule has 2 bridgehead atoms. The molecule has 0 radical (unpaired) electrons. The lowest BCUT2D eigenvalue weighted by Crippen LogP contribution is -2.27. The molecule has 2 atom stereocenters. The van der Waals surface area contributed by atoms with Gasteiger partial charge in [-0.1, -0.05) is 26.8 Å². The summed E-state index contributed by atoms with van der Waals surface area (Å²) in [6, 6.07) is 0. The second-order valence-electron chi connectivity index (χ2n) is 5.39. The number of allylic oxidation sites excluding steroid dienone is 2. The molecular formula is C12H18O. The maximum atomic E-state index is 11.4. The van der Waals surface area contributed by atoms with Gasteiger partial charge in [0.15, 0.2) is 5.78 Å². The molecule has 0 aromatic rings. The van der Waals surface area contributed by atoms with Crippen LogP contribution in [0, 0.1) is 16.7 Å². The fraction of sp³-hybridized carbons (Fsp3) is 0.750. The van der Waals surface area contributed by atoms with E-state index >= 15 is 0 Å². The standard InChI is InChI=1S/C12H18O/c1-8(13)9-7-12(4)6-5-10(9)11(12,2)3/h7,10H,5-6H2,1-4H3/t10-,12+/m1/s1. The number of rotatable bonds is 1. The zero-order valence-electron chi connectivity index (χ0n) is 8.98. The fourth-order valence-electron chi connectivity index (χ4n) is 3.12. The Morgan fingerprint density at radius 3 is 2.31 bits per heavy atom. The maximum absolute atomic E-state index is 11.4. The van der Waals surface area contributed by atoms with Gasteiger partial charge in [0.2, 0.25) is 0 Å². The van der Waals surface area contributed by atoms with Crippen LogP contribution in [-0.4, -0.2) is 5.78 Å². The summed E-state index contributed by atoms with van der Waals surface area (Å²) in [5.74, 6) is 0.802. The molecule has 2 aliphatic rings. The van der Waals surface area contributed by atoms with Crippen LogP contribution in [0.25, 0.3) is 0 Å². The van der Waals surface area contributed by atoms with E-state index in [4.69, 9.17) is 0 Å². The highest BCUT2D eigenvalue weighted by Gasteiger charge is 2.56. The Morgan fingerprint density at radius 1 is 1.46 bits per heavy atom. The Morgan fingerprint density at radius 2 is 2.08 bits per heavy atom. The van der Waals surface area contributed by atoms with E-state index in [1.807, 2.05) is 0 Å². The number of hydrogen-bond acceptors (Lipinski definition) is 1. The molecule has 0 N–H and O–H groups in total. The van der Waals surface area contributed by atoms with E-state index in [0.29, 0.717) is 11.3 Å². The van der Waals surface area contributed by atoms with Crippen LogP contribution in [0.5, 0.6) is 0 Å². The summed E-state index contributed by atoms with van der Waals surface area (Å²) < 4.78 is 0. The first-order chi connectivity index (χ1) is 5.88. The second kappa shape index (κ2) is 2.26. The summed E-state index contributed by atoms with van der Waals surface area (Å²) in [7, 11) is 0. The normalized spacial score (nSPS) is 40.6. The lowest BCUT2D eigenvalue weighted by molar-refractivity contribution is -0.114. The molecule has 72 valence electrons. The molecule has 13 heavy (non-hydrogen) atoms. The van der Waals surface area contributed by atoms with Crippen LogP contribution < -0.4 is 0 Å². The predicted molar refractivity (Wildman–Crippen MR) is 53.4 cm³/mol. The Bertz CT molecular complexity index is 298. The average molecular weight is 178 g/mol. The van der Waals surface area contributed by atoms with Crippen LogP contribution in [-0.2, 0) is 4.79 Å². The van der Waals surface area contributed by atoms with Crippen molar-refractivity contribution in [2.24, 2.45) is 16.7 Å². The third kappa shape index (κ3) is 0.905. The van der Waals surface area contributed by atoms with Gasteiger partial charge >= 0.3 is 0 Å². The molecule has 0 amide bonds. The minimum atomic E-state index is 0.276. The quantitative estimate of drug-likeness (QED) is 0.603. The van der Waals surface area contributed by atoms with E-state index in [1.54, 1.807) is 6.92 Å². The molecule has 0 spiro atoms. The van der Waals surface area contributed by atoms with E-state index in [9.17, 15) is 4.79 Å². The number of ketones is 1. The molecule has 1 fully saturated rings. The molecule has 0 heterocycles. The monoisotopic (exact) mass is 178 g/mol. The van der Waals surface area contributed by atoms with Crippen LogP contribution in [0.4, 0.5) is 0 Å². The third-order valence-electron chi connectivity index (χ3n) is 4.55. The van der Waals surface area contributed by atoms with Gasteiger partial charge < -0.3 is 0 Å². The number of carbonyl (C=O) groups is 1. The molecule has 0 saturated heterocycles. The maximum Gasteiger partial charge on any atom is 0.155 e. The topological polar surface area (TPSA) is 17.1 Å². The average Bonchev–Trinajstić information content (AvgIpc) is 2.34. The highest BCUT2D eigenvalue weighted by Crippen LogP contribution is 2.64. The van der Waals surface area contributed by atoms with Gasteiger partial charge in [0.05, 0.1) is 0 Å². The van der Waals surface area contributed by atoms with Crippen LogP contribution in [0.3, 0.4) is 0 Å². The Kier molecular flexibility index (Phi) is 1.56. The van der Waals surface area contributed by atoms with Crippen molar-refractivity contribution in [1.82, 2.24) is 0 Å². The van der Waals surface area contributed by atoms with Gasteiger partial charge in [0, 0.05) is 0 Å². The van der Waals surface area contributed by atoms with Crippen molar-refractivity contribution in [3.8, 4) is 0 Å². The van der Waals surface area contributed by atoms with Gasteiger partial charge in [-0.2, -0.15) is 0 Å².